The molecule has 1 aromatic carbocycles. The molecule has 1 amide bonds. The predicted molar refractivity (Wildman–Crippen MR) is 101 cm³/mol. The molecule has 1 aromatic heterocycles. The first-order valence-electron chi connectivity index (χ1n) is 9.28. The van der Waals surface area contributed by atoms with Gasteiger partial charge in [-0.05, 0) is 64.6 Å². The Morgan fingerprint density at radius 3 is 2.81 bits per heavy atom. The van der Waals surface area contributed by atoms with E-state index < -0.39 is 0 Å². The SMILES string of the molecule is Cc1c(C(=O)NCc2ccc(F)c(CN(C)C)c2)nnn1C1CCNCC1. The van der Waals surface area contributed by atoms with Crippen LogP contribution in [0.15, 0.2) is 18.2 Å². The van der Waals surface area contributed by atoms with Crippen molar-refractivity contribution in [2.24, 2.45) is 0 Å². The molecule has 2 aromatic rings. The van der Waals surface area contributed by atoms with Crippen LogP contribution >= 0.6 is 0 Å². The topological polar surface area (TPSA) is 75.1 Å². The van der Waals surface area contributed by atoms with Crippen molar-refractivity contribution in [3.63, 3.8) is 0 Å². The van der Waals surface area contributed by atoms with E-state index in [9.17, 15) is 9.18 Å². The third-order valence-electron chi connectivity index (χ3n) is 4.85. The standard InChI is InChI=1S/C19H27FN6O/c1-13-18(23-24-26(13)16-6-8-21-9-7-16)19(27)22-11-14-4-5-17(20)15(10-14)12-25(2)3/h4-5,10,16,21H,6-9,11-12H2,1-3H3,(H,22,27). The van der Waals surface area contributed by atoms with Crippen LogP contribution in [0.2, 0.25) is 0 Å². The summed E-state index contributed by atoms with van der Waals surface area (Å²) in [7, 11) is 3.78. The molecule has 0 aliphatic carbocycles. The Hall–Kier alpha value is -2.32. The van der Waals surface area contributed by atoms with Gasteiger partial charge in [-0.1, -0.05) is 11.3 Å². The first-order valence-corrected chi connectivity index (χ1v) is 9.28. The van der Waals surface area contributed by atoms with Gasteiger partial charge in [-0.25, -0.2) is 9.07 Å². The summed E-state index contributed by atoms with van der Waals surface area (Å²) in [4.78, 5) is 14.4. The van der Waals surface area contributed by atoms with Crippen LogP contribution in [0.25, 0.3) is 0 Å². The molecule has 146 valence electrons. The van der Waals surface area contributed by atoms with E-state index >= 15 is 0 Å². The second kappa shape index (κ2) is 8.58. The molecule has 1 fully saturated rings. The van der Waals surface area contributed by atoms with Crippen LogP contribution in [0.3, 0.4) is 0 Å². The molecule has 1 saturated heterocycles. The Labute approximate surface area is 158 Å². The Balaban J connectivity index is 1.65. The number of benzene rings is 1. The molecular weight excluding hydrogens is 347 g/mol. The summed E-state index contributed by atoms with van der Waals surface area (Å²) >= 11 is 0. The number of hydrogen-bond acceptors (Lipinski definition) is 5. The summed E-state index contributed by atoms with van der Waals surface area (Å²) in [5, 5.41) is 14.5. The second-order valence-corrected chi connectivity index (χ2v) is 7.30. The molecule has 0 unspecified atom stereocenters. The van der Waals surface area contributed by atoms with Gasteiger partial charge in [0, 0.05) is 18.7 Å². The molecule has 1 aliphatic heterocycles. The average Bonchev–Trinajstić information content (AvgIpc) is 3.04. The van der Waals surface area contributed by atoms with Crippen molar-refractivity contribution in [1.29, 1.82) is 0 Å². The molecule has 0 atom stereocenters. The van der Waals surface area contributed by atoms with Gasteiger partial charge in [0.25, 0.3) is 5.91 Å². The number of carbonyl (C=O) groups is 1. The minimum absolute atomic E-state index is 0.237. The Morgan fingerprint density at radius 2 is 2.11 bits per heavy atom. The fourth-order valence-electron chi connectivity index (χ4n) is 3.41. The predicted octanol–water partition coefficient (Wildman–Crippen LogP) is 1.64. The Morgan fingerprint density at radius 1 is 1.37 bits per heavy atom. The first-order chi connectivity index (χ1) is 13.0. The van der Waals surface area contributed by atoms with E-state index in [1.54, 1.807) is 12.1 Å². The van der Waals surface area contributed by atoms with Crippen LogP contribution in [-0.2, 0) is 13.1 Å². The third-order valence-corrected chi connectivity index (χ3v) is 4.85. The lowest BCUT2D eigenvalue weighted by Crippen LogP contribution is -2.30. The highest BCUT2D eigenvalue weighted by Crippen LogP contribution is 2.20. The van der Waals surface area contributed by atoms with Crippen molar-refractivity contribution in [1.82, 2.24) is 30.5 Å². The molecule has 0 radical (unpaired) electrons. The Kier molecular flexibility index (Phi) is 6.18. The van der Waals surface area contributed by atoms with Crippen molar-refractivity contribution in [2.75, 3.05) is 27.2 Å². The van der Waals surface area contributed by atoms with Crippen molar-refractivity contribution in [3.8, 4) is 0 Å². The third kappa shape index (κ3) is 4.70. The van der Waals surface area contributed by atoms with Crippen molar-refractivity contribution in [2.45, 2.75) is 38.9 Å². The normalized spacial score (nSPS) is 15.3. The van der Waals surface area contributed by atoms with E-state index in [0.29, 0.717) is 24.3 Å². The largest absolute Gasteiger partial charge is 0.347 e. The number of halogens is 1. The molecule has 27 heavy (non-hydrogen) atoms. The lowest BCUT2D eigenvalue weighted by molar-refractivity contribution is 0.0945. The van der Waals surface area contributed by atoms with E-state index in [2.05, 4.69) is 20.9 Å². The summed E-state index contributed by atoms with van der Waals surface area (Å²) < 4.78 is 15.8. The monoisotopic (exact) mass is 374 g/mol. The van der Waals surface area contributed by atoms with E-state index in [0.717, 1.165) is 37.2 Å². The number of rotatable bonds is 6. The average molecular weight is 374 g/mol. The zero-order valence-corrected chi connectivity index (χ0v) is 16.1. The lowest BCUT2D eigenvalue weighted by Gasteiger charge is -2.23. The highest BCUT2D eigenvalue weighted by molar-refractivity contribution is 5.93. The molecule has 3 rings (SSSR count). The number of piperidine rings is 1. The minimum atomic E-state index is -0.258. The maximum atomic E-state index is 13.9. The minimum Gasteiger partial charge on any atom is -0.347 e. The molecule has 7 nitrogen and oxygen atoms in total. The highest BCUT2D eigenvalue weighted by Gasteiger charge is 2.22. The number of amides is 1. The Bertz CT molecular complexity index is 797. The molecule has 0 saturated carbocycles. The van der Waals surface area contributed by atoms with E-state index in [-0.39, 0.29) is 17.8 Å². The van der Waals surface area contributed by atoms with Crippen LogP contribution in [0.5, 0.6) is 0 Å². The zero-order chi connectivity index (χ0) is 19.4. The molecule has 8 heteroatoms. The quantitative estimate of drug-likeness (QED) is 0.804. The molecule has 2 heterocycles. The van der Waals surface area contributed by atoms with Gasteiger partial charge in [-0.2, -0.15) is 0 Å². The smallest absolute Gasteiger partial charge is 0.274 e. The first kappa shape index (κ1) is 19.4. The molecule has 2 N–H and O–H groups in total. The van der Waals surface area contributed by atoms with Gasteiger partial charge >= 0.3 is 0 Å². The summed E-state index contributed by atoms with van der Waals surface area (Å²) in [6.07, 6.45) is 1.96. The van der Waals surface area contributed by atoms with Crippen molar-refractivity contribution < 1.29 is 9.18 Å². The number of aromatic nitrogens is 3. The van der Waals surface area contributed by atoms with Crippen LogP contribution in [-0.4, -0.2) is 53.0 Å². The summed E-state index contributed by atoms with van der Waals surface area (Å²) in [5.41, 5.74) is 2.60. The van der Waals surface area contributed by atoms with E-state index in [1.165, 1.54) is 6.07 Å². The van der Waals surface area contributed by atoms with Gasteiger partial charge < -0.3 is 15.5 Å². The number of hydrogen-bond donors (Lipinski definition) is 2. The molecule has 0 bridgehead atoms. The van der Waals surface area contributed by atoms with Gasteiger partial charge in [0.15, 0.2) is 5.69 Å². The van der Waals surface area contributed by atoms with Crippen LogP contribution in [0.4, 0.5) is 4.39 Å². The highest BCUT2D eigenvalue weighted by atomic mass is 19.1. The maximum absolute atomic E-state index is 13.9. The van der Waals surface area contributed by atoms with Crippen LogP contribution < -0.4 is 10.6 Å². The van der Waals surface area contributed by atoms with Crippen LogP contribution in [0, 0.1) is 12.7 Å². The van der Waals surface area contributed by atoms with Crippen molar-refractivity contribution in [3.05, 3.63) is 46.5 Å². The van der Waals surface area contributed by atoms with Gasteiger partial charge in [-0.3, -0.25) is 4.79 Å². The maximum Gasteiger partial charge on any atom is 0.274 e. The summed E-state index contributed by atoms with van der Waals surface area (Å²) in [5.74, 6) is -0.495. The lowest BCUT2D eigenvalue weighted by atomic mass is 10.1. The zero-order valence-electron chi connectivity index (χ0n) is 16.1. The molecule has 1 aliphatic rings. The van der Waals surface area contributed by atoms with Gasteiger partial charge in [0.05, 0.1) is 11.7 Å². The fraction of sp³-hybridized carbons (Fsp3) is 0.526. The number of carbonyl (C=O) groups excluding carboxylic acids is 1. The van der Waals surface area contributed by atoms with Crippen LogP contribution in [0.1, 0.15) is 46.2 Å². The van der Waals surface area contributed by atoms with Gasteiger partial charge in [0.1, 0.15) is 5.82 Å². The second-order valence-electron chi connectivity index (χ2n) is 7.30. The van der Waals surface area contributed by atoms with E-state index in [4.69, 9.17) is 0 Å². The fourth-order valence-corrected chi connectivity index (χ4v) is 3.41. The number of nitrogens with zero attached hydrogens (tertiary/aromatic N) is 4. The van der Waals surface area contributed by atoms with Crippen molar-refractivity contribution >= 4 is 5.91 Å². The van der Waals surface area contributed by atoms with E-state index in [1.807, 2.05) is 30.6 Å². The van der Waals surface area contributed by atoms with Gasteiger partial charge in [-0.15, -0.1) is 5.10 Å². The molecule has 0 spiro atoms. The summed E-state index contributed by atoms with van der Waals surface area (Å²) in [6, 6.07) is 5.20. The van der Waals surface area contributed by atoms with Gasteiger partial charge in [0.2, 0.25) is 0 Å². The molecular formula is C19H27FN6O. The summed E-state index contributed by atoms with van der Waals surface area (Å²) in [6.45, 7) is 4.61. The number of nitrogens with one attached hydrogen (secondary N) is 2.